The van der Waals surface area contributed by atoms with Gasteiger partial charge in [-0.1, -0.05) is 25.8 Å². The number of aromatic nitrogens is 4. The fourth-order valence-corrected chi connectivity index (χ4v) is 2.11. The van der Waals surface area contributed by atoms with Gasteiger partial charge in [-0.2, -0.15) is 0 Å². The second-order valence-corrected chi connectivity index (χ2v) is 4.82. The number of halogens is 1. The molecule has 2 aromatic rings. The molecule has 1 heterocycles. The molecule has 1 aromatic carbocycles. The Hall–Kier alpha value is -1.82. The van der Waals surface area contributed by atoms with Crippen LogP contribution in [0.2, 0.25) is 0 Å². The summed E-state index contributed by atoms with van der Waals surface area (Å²) in [6.45, 7) is 3.78. The molecule has 0 aliphatic carbocycles. The first-order chi connectivity index (χ1) is 9.04. The minimum absolute atomic E-state index is 0.353. The molecule has 0 saturated heterocycles. The first-order valence-electron chi connectivity index (χ1n) is 6.31. The van der Waals surface area contributed by atoms with Crippen molar-refractivity contribution < 1.29 is 9.50 Å². The standard InChI is InChI=1S/C13H17FN4O/c1-3-4-7-13(2,19)11-6-5-9(14)8-10(11)12-15-17-18-16-12/h5-6,8,19H,3-4,7H2,1-2H3,(H,15,16,17,18). The van der Waals surface area contributed by atoms with Crippen LogP contribution in [-0.4, -0.2) is 25.7 Å². The van der Waals surface area contributed by atoms with Crippen molar-refractivity contribution in [2.45, 2.75) is 38.7 Å². The van der Waals surface area contributed by atoms with E-state index in [1.54, 1.807) is 13.0 Å². The van der Waals surface area contributed by atoms with Crippen LogP contribution in [0.25, 0.3) is 11.4 Å². The van der Waals surface area contributed by atoms with E-state index in [1.165, 1.54) is 12.1 Å². The minimum Gasteiger partial charge on any atom is -0.385 e. The lowest BCUT2D eigenvalue weighted by atomic mass is 9.87. The Kier molecular flexibility index (Phi) is 3.90. The van der Waals surface area contributed by atoms with E-state index in [1.807, 2.05) is 0 Å². The van der Waals surface area contributed by atoms with E-state index in [-0.39, 0.29) is 5.82 Å². The van der Waals surface area contributed by atoms with Gasteiger partial charge in [0, 0.05) is 5.56 Å². The lowest BCUT2D eigenvalue weighted by Gasteiger charge is -2.25. The molecule has 2 rings (SSSR count). The Balaban J connectivity index is 2.45. The SMILES string of the molecule is CCCCC(C)(O)c1ccc(F)cc1-c1nnn[nH]1. The van der Waals surface area contributed by atoms with Crippen molar-refractivity contribution >= 4 is 0 Å². The Bertz CT molecular complexity index is 540. The molecule has 0 spiro atoms. The molecular formula is C13H17FN4O. The minimum atomic E-state index is -1.04. The van der Waals surface area contributed by atoms with Gasteiger partial charge in [-0.15, -0.1) is 5.10 Å². The van der Waals surface area contributed by atoms with Crippen LogP contribution in [0.1, 0.15) is 38.7 Å². The molecule has 2 N–H and O–H groups in total. The molecular weight excluding hydrogens is 247 g/mol. The number of rotatable bonds is 5. The van der Waals surface area contributed by atoms with Gasteiger partial charge < -0.3 is 5.11 Å². The van der Waals surface area contributed by atoms with Crippen molar-refractivity contribution in [1.82, 2.24) is 20.6 Å². The monoisotopic (exact) mass is 264 g/mol. The topological polar surface area (TPSA) is 74.7 Å². The molecule has 6 heteroatoms. The van der Waals surface area contributed by atoms with Crippen molar-refractivity contribution in [1.29, 1.82) is 0 Å². The Morgan fingerprint density at radius 3 is 2.84 bits per heavy atom. The number of benzene rings is 1. The summed E-state index contributed by atoms with van der Waals surface area (Å²) >= 11 is 0. The number of nitrogens with zero attached hydrogens (tertiary/aromatic N) is 3. The number of aliphatic hydroxyl groups is 1. The van der Waals surface area contributed by atoms with Crippen LogP contribution in [-0.2, 0) is 5.60 Å². The molecule has 0 aliphatic heterocycles. The fourth-order valence-electron chi connectivity index (χ4n) is 2.11. The van der Waals surface area contributed by atoms with E-state index in [4.69, 9.17) is 0 Å². The van der Waals surface area contributed by atoms with Crippen molar-refractivity contribution in [2.24, 2.45) is 0 Å². The predicted octanol–water partition coefficient (Wildman–Crippen LogP) is 2.40. The normalized spacial score (nSPS) is 14.3. The summed E-state index contributed by atoms with van der Waals surface area (Å²) in [4.78, 5) is 0. The van der Waals surface area contributed by atoms with E-state index < -0.39 is 5.60 Å². The number of H-pyrrole nitrogens is 1. The quantitative estimate of drug-likeness (QED) is 0.869. The first-order valence-corrected chi connectivity index (χ1v) is 6.31. The highest BCUT2D eigenvalue weighted by Crippen LogP contribution is 2.33. The van der Waals surface area contributed by atoms with E-state index >= 15 is 0 Å². The van der Waals surface area contributed by atoms with E-state index in [0.29, 0.717) is 23.4 Å². The number of aromatic amines is 1. The maximum Gasteiger partial charge on any atom is 0.179 e. The summed E-state index contributed by atoms with van der Waals surface area (Å²) in [6.07, 6.45) is 2.47. The third-order valence-corrected chi connectivity index (χ3v) is 3.18. The smallest absolute Gasteiger partial charge is 0.179 e. The number of tetrazole rings is 1. The van der Waals surface area contributed by atoms with Gasteiger partial charge in [-0.25, -0.2) is 9.49 Å². The number of unbranched alkanes of at least 4 members (excludes halogenated alkanes) is 1. The summed E-state index contributed by atoms with van der Waals surface area (Å²) < 4.78 is 13.4. The first kappa shape index (κ1) is 13.6. The molecule has 1 aromatic heterocycles. The number of hydrogen-bond acceptors (Lipinski definition) is 4. The van der Waals surface area contributed by atoms with E-state index in [2.05, 4.69) is 27.5 Å². The summed E-state index contributed by atoms with van der Waals surface area (Å²) in [5, 5.41) is 23.9. The average molecular weight is 264 g/mol. The van der Waals surface area contributed by atoms with Crippen LogP contribution in [0.5, 0.6) is 0 Å². The van der Waals surface area contributed by atoms with Crippen LogP contribution in [0.3, 0.4) is 0 Å². The molecule has 0 bridgehead atoms. The lowest BCUT2D eigenvalue weighted by Crippen LogP contribution is -2.22. The van der Waals surface area contributed by atoms with E-state index in [9.17, 15) is 9.50 Å². The van der Waals surface area contributed by atoms with Crippen molar-refractivity contribution in [2.75, 3.05) is 0 Å². The largest absolute Gasteiger partial charge is 0.385 e. The van der Waals surface area contributed by atoms with Gasteiger partial charge in [0.2, 0.25) is 0 Å². The zero-order valence-electron chi connectivity index (χ0n) is 11.0. The molecule has 1 atom stereocenters. The fraction of sp³-hybridized carbons (Fsp3) is 0.462. The summed E-state index contributed by atoms with van der Waals surface area (Å²) in [5.41, 5.74) is 0.0817. The van der Waals surface area contributed by atoms with Crippen molar-refractivity contribution in [3.63, 3.8) is 0 Å². The predicted molar refractivity (Wildman–Crippen MR) is 68.7 cm³/mol. The van der Waals surface area contributed by atoms with Gasteiger partial charge in [0.25, 0.3) is 0 Å². The number of nitrogens with one attached hydrogen (secondary N) is 1. The molecule has 19 heavy (non-hydrogen) atoms. The van der Waals surface area contributed by atoms with Gasteiger partial charge in [0.1, 0.15) is 5.82 Å². The molecule has 0 aliphatic rings. The Morgan fingerprint density at radius 2 is 2.21 bits per heavy atom. The Labute approximate surface area is 110 Å². The van der Waals surface area contributed by atoms with Crippen LogP contribution in [0.15, 0.2) is 18.2 Å². The third kappa shape index (κ3) is 2.96. The second kappa shape index (κ2) is 5.44. The average Bonchev–Trinajstić information content (AvgIpc) is 2.90. The van der Waals surface area contributed by atoms with Gasteiger partial charge >= 0.3 is 0 Å². The van der Waals surface area contributed by atoms with Crippen molar-refractivity contribution in [3.8, 4) is 11.4 Å². The third-order valence-electron chi connectivity index (χ3n) is 3.18. The van der Waals surface area contributed by atoms with Crippen LogP contribution in [0, 0.1) is 5.82 Å². The molecule has 0 saturated carbocycles. The zero-order chi connectivity index (χ0) is 13.9. The van der Waals surface area contributed by atoms with Gasteiger partial charge in [-0.05, 0) is 41.5 Å². The highest BCUT2D eigenvalue weighted by molar-refractivity contribution is 5.61. The van der Waals surface area contributed by atoms with Gasteiger partial charge in [0.05, 0.1) is 5.60 Å². The summed E-state index contributed by atoms with van der Waals surface area (Å²) in [6, 6.07) is 4.25. The summed E-state index contributed by atoms with van der Waals surface area (Å²) in [5.74, 6) is -0.0345. The van der Waals surface area contributed by atoms with Crippen molar-refractivity contribution in [3.05, 3.63) is 29.6 Å². The molecule has 0 amide bonds. The highest BCUT2D eigenvalue weighted by atomic mass is 19.1. The maximum atomic E-state index is 13.4. The zero-order valence-corrected chi connectivity index (χ0v) is 11.0. The maximum absolute atomic E-state index is 13.4. The van der Waals surface area contributed by atoms with Crippen LogP contribution < -0.4 is 0 Å². The van der Waals surface area contributed by atoms with E-state index in [0.717, 1.165) is 12.8 Å². The summed E-state index contributed by atoms with van der Waals surface area (Å²) in [7, 11) is 0. The molecule has 0 fully saturated rings. The highest BCUT2D eigenvalue weighted by Gasteiger charge is 2.27. The number of hydrogen-bond donors (Lipinski definition) is 2. The van der Waals surface area contributed by atoms with Gasteiger partial charge in [0.15, 0.2) is 5.82 Å². The molecule has 102 valence electrons. The lowest BCUT2D eigenvalue weighted by molar-refractivity contribution is 0.0458. The molecule has 0 radical (unpaired) electrons. The second-order valence-electron chi connectivity index (χ2n) is 4.82. The Morgan fingerprint density at radius 1 is 1.42 bits per heavy atom. The van der Waals surface area contributed by atoms with Crippen LogP contribution in [0.4, 0.5) is 4.39 Å². The molecule has 5 nitrogen and oxygen atoms in total. The molecule has 1 unspecified atom stereocenters. The van der Waals surface area contributed by atoms with Gasteiger partial charge in [-0.3, -0.25) is 0 Å². The van der Waals surface area contributed by atoms with Crippen LogP contribution >= 0.6 is 0 Å².